The van der Waals surface area contributed by atoms with Gasteiger partial charge in [0, 0.05) is 16.3 Å². The number of hydrogen-bond donors (Lipinski definition) is 2. The summed E-state index contributed by atoms with van der Waals surface area (Å²) in [6, 6.07) is 7.94. The molecule has 0 aliphatic carbocycles. The van der Waals surface area contributed by atoms with Gasteiger partial charge in [0.15, 0.2) is 0 Å². The van der Waals surface area contributed by atoms with Crippen molar-refractivity contribution in [3.05, 3.63) is 52.0 Å². The molecule has 6 heteroatoms. The molecule has 0 saturated carbocycles. The second kappa shape index (κ2) is 7.59. The van der Waals surface area contributed by atoms with E-state index in [0.29, 0.717) is 0 Å². The Bertz CT molecular complexity index is 598. The van der Waals surface area contributed by atoms with Crippen LogP contribution in [-0.4, -0.2) is 23.3 Å². The summed E-state index contributed by atoms with van der Waals surface area (Å²) in [4.78, 5) is 13.4. The molecular formula is C15H16FNO2S2. The van der Waals surface area contributed by atoms with E-state index < -0.39 is 6.10 Å². The fourth-order valence-corrected chi connectivity index (χ4v) is 3.40. The smallest absolute Gasteiger partial charge is 0.230 e. The highest BCUT2D eigenvalue weighted by Gasteiger charge is 2.13. The van der Waals surface area contributed by atoms with Crippen molar-refractivity contribution in [2.24, 2.45) is 0 Å². The van der Waals surface area contributed by atoms with Crippen molar-refractivity contribution in [2.45, 2.75) is 17.9 Å². The van der Waals surface area contributed by atoms with Gasteiger partial charge in [0.25, 0.3) is 0 Å². The molecule has 2 N–H and O–H groups in total. The first-order valence-corrected chi connectivity index (χ1v) is 8.30. The fraction of sp³-hybridized carbons (Fsp3) is 0.267. The number of carbonyl (C=O) groups excluding carboxylic acids is 1. The molecule has 0 aliphatic heterocycles. The zero-order valence-electron chi connectivity index (χ0n) is 11.5. The van der Waals surface area contributed by atoms with Crippen LogP contribution < -0.4 is 5.32 Å². The predicted octanol–water partition coefficient (Wildman–Crippen LogP) is 3.14. The summed E-state index contributed by atoms with van der Waals surface area (Å²) in [6.45, 7) is 2.13. The molecule has 0 bridgehead atoms. The number of amides is 1. The lowest BCUT2D eigenvalue weighted by molar-refractivity contribution is -0.119. The van der Waals surface area contributed by atoms with Gasteiger partial charge in [-0.25, -0.2) is 4.39 Å². The number of hydrogen-bond acceptors (Lipinski definition) is 4. The van der Waals surface area contributed by atoms with Crippen LogP contribution in [-0.2, 0) is 4.79 Å². The van der Waals surface area contributed by atoms with Crippen LogP contribution in [0.3, 0.4) is 0 Å². The third-order valence-electron chi connectivity index (χ3n) is 2.88. The minimum Gasteiger partial charge on any atom is -0.386 e. The minimum atomic E-state index is -0.676. The van der Waals surface area contributed by atoms with Gasteiger partial charge in [-0.1, -0.05) is 0 Å². The van der Waals surface area contributed by atoms with Crippen molar-refractivity contribution in [3.8, 4) is 0 Å². The molecule has 1 amide bonds. The quantitative estimate of drug-likeness (QED) is 0.802. The number of aryl methyl sites for hydroxylation is 1. The summed E-state index contributed by atoms with van der Waals surface area (Å²) >= 11 is 2.81. The van der Waals surface area contributed by atoms with Crippen molar-refractivity contribution in [2.75, 3.05) is 12.3 Å². The molecule has 3 nitrogen and oxygen atoms in total. The number of nitrogens with one attached hydrogen (secondary N) is 1. The Morgan fingerprint density at radius 2 is 2.10 bits per heavy atom. The SMILES string of the molecule is Cc1ccsc1C(O)CNC(=O)CSc1ccc(F)cc1. The first-order chi connectivity index (χ1) is 10.1. The Hall–Kier alpha value is -1.37. The summed E-state index contributed by atoms with van der Waals surface area (Å²) in [5, 5.41) is 14.6. The first-order valence-electron chi connectivity index (χ1n) is 6.43. The molecule has 21 heavy (non-hydrogen) atoms. The van der Waals surface area contributed by atoms with Crippen LogP contribution >= 0.6 is 23.1 Å². The van der Waals surface area contributed by atoms with E-state index >= 15 is 0 Å². The number of thioether (sulfide) groups is 1. The zero-order valence-corrected chi connectivity index (χ0v) is 13.1. The number of thiophene rings is 1. The maximum Gasteiger partial charge on any atom is 0.230 e. The third kappa shape index (κ3) is 4.84. The van der Waals surface area contributed by atoms with Crippen LogP contribution in [0, 0.1) is 12.7 Å². The van der Waals surface area contributed by atoms with Crippen LogP contribution in [0.2, 0.25) is 0 Å². The number of aliphatic hydroxyl groups excluding tert-OH is 1. The van der Waals surface area contributed by atoms with E-state index in [0.717, 1.165) is 15.3 Å². The van der Waals surface area contributed by atoms with Gasteiger partial charge < -0.3 is 10.4 Å². The second-order valence-corrected chi connectivity index (χ2v) is 6.53. The van der Waals surface area contributed by atoms with Crippen LogP contribution in [0.5, 0.6) is 0 Å². The van der Waals surface area contributed by atoms with Crippen molar-refractivity contribution in [1.82, 2.24) is 5.32 Å². The average Bonchev–Trinajstić information content (AvgIpc) is 2.90. The highest BCUT2D eigenvalue weighted by atomic mass is 32.2. The summed E-state index contributed by atoms with van der Waals surface area (Å²) < 4.78 is 12.7. The van der Waals surface area contributed by atoms with E-state index in [-0.39, 0.29) is 24.0 Å². The van der Waals surface area contributed by atoms with E-state index in [1.54, 1.807) is 12.1 Å². The van der Waals surface area contributed by atoms with Crippen molar-refractivity contribution in [1.29, 1.82) is 0 Å². The fourth-order valence-electron chi connectivity index (χ4n) is 1.76. The Morgan fingerprint density at radius 3 is 2.71 bits per heavy atom. The second-order valence-electron chi connectivity index (χ2n) is 4.53. The minimum absolute atomic E-state index is 0.155. The predicted molar refractivity (Wildman–Crippen MR) is 84.1 cm³/mol. The van der Waals surface area contributed by atoms with E-state index in [1.165, 1.54) is 35.2 Å². The number of aliphatic hydroxyl groups is 1. The Labute approximate surface area is 131 Å². The van der Waals surface area contributed by atoms with Gasteiger partial charge in [-0.3, -0.25) is 4.79 Å². The van der Waals surface area contributed by atoms with Gasteiger partial charge >= 0.3 is 0 Å². The monoisotopic (exact) mass is 325 g/mol. The van der Waals surface area contributed by atoms with Gasteiger partial charge in [-0.2, -0.15) is 0 Å². The number of rotatable bonds is 6. The Morgan fingerprint density at radius 1 is 1.38 bits per heavy atom. The van der Waals surface area contributed by atoms with E-state index in [2.05, 4.69) is 5.32 Å². The lowest BCUT2D eigenvalue weighted by atomic mass is 10.2. The first kappa shape index (κ1) is 16.0. The molecule has 1 aromatic carbocycles. The normalized spacial score (nSPS) is 12.1. The summed E-state index contributed by atoms with van der Waals surface area (Å²) in [5.41, 5.74) is 1.03. The molecule has 2 rings (SSSR count). The molecule has 1 unspecified atom stereocenters. The molecule has 0 saturated heterocycles. The topological polar surface area (TPSA) is 49.3 Å². The number of carbonyl (C=O) groups is 1. The third-order valence-corrected chi connectivity index (χ3v) is 5.01. The van der Waals surface area contributed by atoms with Crippen molar-refractivity contribution in [3.63, 3.8) is 0 Å². The maximum atomic E-state index is 12.7. The zero-order chi connectivity index (χ0) is 15.2. The van der Waals surface area contributed by atoms with Gasteiger partial charge in [-0.15, -0.1) is 23.1 Å². The van der Waals surface area contributed by atoms with Gasteiger partial charge in [0.05, 0.1) is 5.75 Å². The summed E-state index contributed by atoms with van der Waals surface area (Å²) in [5.74, 6) is -0.210. The van der Waals surface area contributed by atoms with Crippen LogP contribution in [0.4, 0.5) is 4.39 Å². The molecule has 2 aromatic rings. The van der Waals surface area contributed by atoms with Gasteiger partial charge in [0.2, 0.25) is 5.91 Å². The molecule has 1 heterocycles. The van der Waals surface area contributed by atoms with Gasteiger partial charge in [-0.05, 0) is 48.2 Å². The number of halogens is 1. The van der Waals surface area contributed by atoms with Crippen LogP contribution in [0.25, 0.3) is 0 Å². The van der Waals surface area contributed by atoms with Crippen LogP contribution in [0.1, 0.15) is 16.5 Å². The molecule has 0 spiro atoms. The highest BCUT2D eigenvalue weighted by molar-refractivity contribution is 8.00. The molecular weight excluding hydrogens is 309 g/mol. The highest BCUT2D eigenvalue weighted by Crippen LogP contribution is 2.23. The Balaban J connectivity index is 1.75. The molecule has 112 valence electrons. The summed E-state index contributed by atoms with van der Waals surface area (Å²) in [6.07, 6.45) is -0.676. The Kier molecular flexibility index (Phi) is 5.78. The lowest BCUT2D eigenvalue weighted by Gasteiger charge is -2.11. The van der Waals surface area contributed by atoms with Crippen LogP contribution in [0.15, 0.2) is 40.6 Å². The van der Waals surface area contributed by atoms with E-state index in [1.807, 2.05) is 18.4 Å². The van der Waals surface area contributed by atoms with E-state index in [4.69, 9.17) is 0 Å². The largest absolute Gasteiger partial charge is 0.386 e. The summed E-state index contributed by atoms with van der Waals surface area (Å²) in [7, 11) is 0. The molecule has 1 aromatic heterocycles. The van der Waals surface area contributed by atoms with E-state index in [9.17, 15) is 14.3 Å². The molecule has 0 aliphatic rings. The van der Waals surface area contributed by atoms with Crippen molar-refractivity contribution < 1.29 is 14.3 Å². The number of benzene rings is 1. The standard InChI is InChI=1S/C15H16FNO2S2/c1-10-6-7-20-15(10)13(18)8-17-14(19)9-21-12-4-2-11(16)3-5-12/h2-7,13,18H,8-9H2,1H3,(H,17,19). The maximum absolute atomic E-state index is 12.7. The molecule has 0 fully saturated rings. The van der Waals surface area contributed by atoms with Gasteiger partial charge in [0.1, 0.15) is 11.9 Å². The van der Waals surface area contributed by atoms with Crippen molar-refractivity contribution >= 4 is 29.0 Å². The average molecular weight is 325 g/mol. The molecule has 0 radical (unpaired) electrons. The lowest BCUT2D eigenvalue weighted by Crippen LogP contribution is -2.29. The molecule has 1 atom stereocenters.